The van der Waals surface area contributed by atoms with E-state index in [-0.39, 0.29) is 0 Å². The molecular formula is C18H29NO. The first kappa shape index (κ1) is 15.5. The summed E-state index contributed by atoms with van der Waals surface area (Å²) in [6, 6.07) is 4.88. The highest BCUT2D eigenvalue weighted by atomic mass is 16.5. The third kappa shape index (κ3) is 3.83. The molecule has 1 unspecified atom stereocenters. The maximum Gasteiger partial charge on any atom is 0.0665 e. The Kier molecular flexibility index (Phi) is 5.62. The van der Waals surface area contributed by atoms with Gasteiger partial charge in [-0.3, -0.25) is 0 Å². The molecule has 1 aliphatic carbocycles. The van der Waals surface area contributed by atoms with Crippen LogP contribution < -0.4 is 5.32 Å². The van der Waals surface area contributed by atoms with Crippen molar-refractivity contribution in [2.75, 3.05) is 13.2 Å². The third-order valence-electron chi connectivity index (χ3n) is 4.34. The minimum atomic E-state index is 0.321. The lowest BCUT2D eigenvalue weighted by Crippen LogP contribution is -2.28. The molecular weight excluding hydrogens is 246 g/mol. The van der Waals surface area contributed by atoms with Crippen LogP contribution in [0, 0.1) is 20.8 Å². The fourth-order valence-electron chi connectivity index (χ4n) is 3.52. The molecule has 0 radical (unpaired) electrons. The normalized spacial score (nSPS) is 17.6. The maximum atomic E-state index is 6.15. The third-order valence-corrected chi connectivity index (χ3v) is 4.34. The van der Waals surface area contributed by atoms with Crippen molar-refractivity contribution in [2.45, 2.75) is 65.5 Å². The van der Waals surface area contributed by atoms with Crippen molar-refractivity contribution in [3.8, 4) is 0 Å². The standard InChI is InChI=1S/C18H29NO/c1-5-19-17(12-20-16-8-6-7-9-16)18-14(3)10-13(2)11-15(18)4/h10-11,16-17,19H,5-9,12H2,1-4H3. The lowest BCUT2D eigenvalue weighted by Gasteiger charge is -2.24. The first-order valence-electron chi connectivity index (χ1n) is 8.04. The van der Waals surface area contributed by atoms with Gasteiger partial charge in [0.25, 0.3) is 0 Å². The van der Waals surface area contributed by atoms with Crippen LogP contribution >= 0.6 is 0 Å². The van der Waals surface area contributed by atoms with Crippen molar-refractivity contribution in [1.29, 1.82) is 0 Å². The van der Waals surface area contributed by atoms with Crippen LogP contribution in [-0.4, -0.2) is 19.3 Å². The van der Waals surface area contributed by atoms with Gasteiger partial charge in [-0.15, -0.1) is 0 Å². The zero-order valence-corrected chi connectivity index (χ0v) is 13.5. The van der Waals surface area contributed by atoms with Gasteiger partial charge >= 0.3 is 0 Å². The number of ether oxygens (including phenoxy) is 1. The van der Waals surface area contributed by atoms with Gasteiger partial charge in [-0.2, -0.15) is 0 Å². The quantitative estimate of drug-likeness (QED) is 0.839. The zero-order chi connectivity index (χ0) is 14.5. The highest BCUT2D eigenvalue weighted by Crippen LogP contribution is 2.26. The molecule has 20 heavy (non-hydrogen) atoms. The first-order valence-corrected chi connectivity index (χ1v) is 8.04. The van der Waals surface area contributed by atoms with Crippen LogP contribution in [0.5, 0.6) is 0 Å². The Balaban J connectivity index is 2.10. The Labute approximate surface area is 123 Å². The highest BCUT2D eigenvalue weighted by molar-refractivity contribution is 5.39. The number of rotatable bonds is 6. The summed E-state index contributed by atoms with van der Waals surface area (Å²) in [4.78, 5) is 0. The van der Waals surface area contributed by atoms with Crippen LogP contribution in [0.1, 0.15) is 60.9 Å². The van der Waals surface area contributed by atoms with Gasteiger partial charge in [-0.25, -0.2) is 0 Å². The van der Waals surface area contributed by atoms with E-state index in [1.54, 1.807) is 0 Å². The number of nitrogens with one attached hydrogen (secondary N) is 1. The van der Waals surface area contributed by atoms with E-state index in [1.165, 1.54) is 47.9 Å². The van der Waals surface area contributed by atoms with Crippen molar-refractivity contribution in [3.05, 3.63) is 34.4 Å². The molecule has 2 rings (SSSR count). The second-order valence-electron chi connectivity index (χ2n) is 6.16. The summed E-state index contributed by atoms with van der Waals surface area (Å²) >= 11 is 0. The average Bonchev–Trinajstić information content (AvgIpc) is 2.87. The van der Waals surface area contributed by atoms with E-state index in [1.807, 2.05) is 0 Å². The molecule has 0 heterocycles. The fraction of sp³-hybridized carbons (Fsp3) is 0.667. The molecule has 1 aromatic carbocycles. The van der Waals surface area contributed by atoms with Crippen LogP contribution in [0.4, 0.5) is 0 Å². The van der Waals surface area contributed by atoms with E-state index in [0.29, 0.717) is 12.1 Å². The molecule has 0 aromatic heterocycles. The van der Waals surface area contributed by atoms with Crippen LogP contribution in [0.25, 0.3) is 0 Å². The molecule has 1 aliphatic rings. The summed E-state index contributed by atoms with van der Waals surface area (Å²) in [5.41, 5.74) is 5.53. The van der Waals surface area contributed by atoms with Gasteiger partial charge < -0.3 is 10.1 Å². The lowest BCUT2D eigenvalue weighted by atomic mass is 9.94. The predicted octanol–water partition coefficient (Wildman–Crippen LogP) is 4.22. The van der Waals surface area contributed by atoms with Crippen molar-refractivity contribution < 1.29 is 4.74 Å². The molecule has 0 bridgehead atoms. The summed E-state index contributed by atoms with van der Waals surface area (Å²) < 4.78 is 6.15. The van der Waals surface area contributed by atoms with E-state index in [2.05, 4.69) is 45.1 Å². The van der Waals surface area contributed by atoms with Gasteiger partial charge in [0, 0.05) is 0 Å². The molecule has 2 nitrogen and oxygen atoms in total. The summed E-state index contributed by atoms with van der Waals surface area (Å²) in [5.74, 6) is 0. The largest absolute Gasteiger partial charge is 0.376 e. The van der Waals surface area contributed by atoms with Crippen molar-refractivity contribution in [3.63, 3.8) is 0 Å². The summed E-state index contributed by atoms with van der Waals surface area (Å²) in [6.45, 7) is 10.5. The second-order valence-corrected chi connectivity index (χ2v) is 6.16. The van der Waals surface area contributed by atoms with Crippen LogP contribution in [-0.2, 0) is 4.74 Å². The Morgan fingerprint density at radius 3 is 2.30 bits per heavy atom. The molecule has 1 atom stereocenters. The van der Waals surface area contributed by atoms with E-state index >= 15 is 0 Å². The van der Waals surface area contributed by atoms with Crippen LogP contribution in [0.15, 0.2) is 12.1 Å². The number of hydrogen-bond donors (Lipinski definition) is 1. The first-order chi connectivity index (χ1) is 9.61. The summed E-state index contributed by atoms with van der Waals surface area (Å²) in [6.07, 6.45) is 5.63. The summed E-state index contributed by atoms with van der Waals surface area (Å²) in [5, 5.41) is 3.60. The minimum absolute atomic E-state index is 0.321. The topological polar surface area (TPSA) is 21.3 Å². The molecule has 112 valence electrons. The molecule has 1 aromatic rings. The maximum absolute atomic E-state index is 6.15. The minimum Gasteiger partial charge on any atom is -0.376 e. The van der Waals surface area contributed by atoms with Gasteiger partial charge in [0.2, 0.25) is 0 Å². The average molecular weight is 275 g/mol. The molecule has 0 saturated heterocycles. The van der Waals surface area contributed by atoms with Crippen LogP contribution in [0.3, 0.4) is 0 Å². The fourth-order valence-corrected chi connectivity index (χ4v) is 3.52. The molecule has 1 saturated carbocycles. The van der Waals surface area contributed by atoms with E-state index in [0.717, 1.165) is 13.2 Å². The van der Waals surface area contributed by atoms with E-state index < -0.39 is 0 Å². The number of benzene rings is 1. The molecule has 0 spiro atoms. The molecule has 0 aliphatic heterocycles. The SMILES string of the molecule is CCNC(COC1CCCC1)c1c(C)cc(C)cc1C. The van der Waals surface area contributed by atoms with Crippen LogP contribution in [0.2, 0.25) is 0 Å². The van der Waals surface area contributed by atoms with Crippen molar-refractivity contribution >= 4 is 0 Å². The van der Waals surface area contributed by atoms with Gasteiger partial charge in [0.1, 0.15) is 0 Å². The smallest absolute Gasteiger partial charge is 0.0665 e. The Bertz CT molecular complexity index is 412. The summed E-state index contributed by atoms with van der Waals surface area (Å²) in [7, 11) is 0. The van der Waals surface area contributed by atoms with Gasteiger partial charge in [-0.05, 0) is 56.8 Å². The molecule has 0 amide bonds. The molecule has 1 N–H and O–H groups in total. The Morgan fingerprint density at radius 1 is 1.15 bits per heavy atom. The predicted molar refractivity (Wildman–Crippen MR) is 85.3 cm³/mol. The Morgan fingerprint density at radius 2 is 1.75 bits per heavy atom. The second kappa shape index (κ2) is 7.24. The Hall–Kier alpha value is -0.860. The van der Waals surface area contributed by atoms with E-state index in [9.17, 15) is 0 Å². The molecule has 2 heteroatoms. The number of likely N-dealkylation sites (N-methyl/N-ethyl adjacent to an activating group) is 1. The molecule has 1 fully saturated rings. The monoisotopic (exact) mass is 275 g/mol. The lowest BCUT2D eigenvalue weighted by molar-refractivity contribution is 0.0426. The highest BCUT2D eigenvalue weighted by Gasteiger charge is 2.20. The van der Waals surface area contributed by atoms with E-state index in [4.69, 9.17) is 4.74 Å². The van der Waals surface area contributed by atoms with Crippen molar-refractivity contribution in [2.24, 2.45) is 0 Å². The number of aryl methyl sites for hydroxylation is 3. The van der Waals surface area contributed by atoms with Gasteiger partial charge in [0.05, 0.1) is 18.8 Å². The van der Waals surface area contributed by atoms with Gasteiger partial charge in [0.15, 0.2) is 0 Å². The zero-order valence-electron chi connectivity index (χ0n) is 13.5. The van der Waals surface area contributed by atoms with Gasteiger partial charge in [-0.1, -0.05) is 37.5 Å². The number of hydrogen-bond acceptors (Lipinski definition) is 2. The van der Waals surface area contributed by atoms with Crippen molar-refractivity contribution in [1.82, 2.24) is 5.32 Å².